The van der Waals surface area contributed by atoms with Gasteiger partial charge >= 0.3 is 0 Å². The number of hydrogen-bond acceptors (Lipinski definition) is 3. The van der Waals surface area contributed by atoms with Crippen molar-refractivity contribution in [3.05, 3.63) is 47.8 Å². The van der Waals surface area contributed by atoms with Crippen molar-refractivity contribution in [3.63, 3.8) is 0 Å². The van der Waals surface area contributed by atoms with Crippen molar-refractivity contribution in [2.24, 2.45) is 13.0 Å². The summed E-state index contributed by atoms with van der Waals surface area (Å²) in [5, 5.41) is 3.73. The SMILES string of the molecule is CN(C)c1ncc(CNC(c2ccccc2)C2CC2)n1C. The largest absolute Gasteiger partial charge is 0.348 e. The van der Waals surface area contributed by atoms with Crippen molar-refractivity contribution >= 4 is 5.95 Å². The van der Waals surface area contributed by atoms with E-state index in [0.29, 0.717) is 6.04 Å². The molecule has 1 saturated carbocycles. The minimum atomic E-state index is 0.462. The molecule has 0 bridgehead atoms. The molecule has 1 aliphatic rings. The molecule has 1 heterocycles. The highest BCUT2D eigenvalue weighted by Crippen LogP contribution is 2.41. The van der Waals surface area contributed by atoms with Crippen LogP contribution in [0.4, 0.5) is 5.95 Å². The zero-order valence-corrected chi connectivity index (χ0v) is 13.1. The molecule has 1 aromatic carbocycles. The highest BCUT2D eigenvalue weighted by Gasteiger charge is 2.31. The highest BCUT2D eigenvalue weighted by molar-refractivity contribution is 5.31. The summed E-state index contributed by atoms with van der Waals surface area (Å²) in [6.45, 7) is 0.855. The predicted octanol–water partition coefficient (Wildman–Crippen LogP) is 2.73. The number of imidazole rings is 1. The molecule has 0 radical (unpaired) electrons. The second-order valence-electron chi connectivity index (χ2n) is 6.11. The summed E-state index contributed by atoms with van der Waals surface area (Å²) in [6, 6.07) is 11.2. The third kappa shape index (κ3) is 3.10. The average Bonchev–Trinajstić information content (AvgIpc) is 3.24. The van der Waals surface area contributed by atoms with E-state index in [4.69, 9.17) is 0 Å². The van der Waals surface area contributed by atoms with Crippen LogP contribution in [0.25, 0.3) is 0 Å². The number of benzene rings is 1. The molecule has 1 aromatic heterocycles. The van der Waals surface area contributed by atoms with Gasteiger partial charge in [-0.25, -0.2) is 4.98 Å². The van der Waals surface area contributed by atoms with Crippen LogP contribution in [0.5, 0.6) is 0 Å². The van der Waals surface area contributed by atoms with E-state index in [9.17, 15) is 0 Å². The number of hydrogen-bond donors (Lipinski definition) is 1. The molecule has 0 amide bonds. The monoisotopic (exact) mass is 284 g/mol. The molecule has 4 nitrogen and oxygen atoms in total. The molecule has 3 rings (SSSR count). The maximum atomic E-state index is 4.48. The van der Waals surface area contributed by atoms with E-state index in [2.05, 4.69) is 52.2 Å². The van der Waals surface area contributed by atoms with E-state index < -0.39 is 0 Å². The fraction of sp³-hybridized carbons (Fsp3) is 0.471. The van der Waals surface area contributed by atoms with Crippen molar-refractivity contribution in [2.45, 2.75) is 25.4 Å². The van der Waals surface area contributed by atoms with Crippen molar-refractivity contribution in [1.82, 2.24) is 14.9 Å². The normalized spacial score (nSPS) is 16.0. The minimum Gasteiger partial charge on any atom is -0.348 e. The topological polar surface area (TPSA) is 33.1 Å². The quantitative estimate of drug-likeness (QED) is 0.885. The maximum Gasteiger partial charge on any atom is 0.204 e. The number of rotatable bonds is 6. The number of nitrogens with zero attached hydrogens (tertiary/aromatic N) is 3. The van der Waals surface area contributed by atoms with Crippen LogP contribution in [-0.2, 0) is 13.6 Å². The van der Waals surface area contributed by atoms with Crippen LogP contribution in [0.1, 0.15) is 30.1 Å². The molecule has 0 saturated heterocycles. The van der Waals surface area contributed by atoms with Gasteiger partial charge in [-0.2, -0.15) is 0 Å². The van der Waals surface area contributed by atoms with Gasteiger partial charge in [0.15, 0.2) is 0 Å². The van der Waals surface area contributed by atoms with Crippen LogP contribution in [0.15, 0.2) is 36.5 Å². The first-order chi connectivity index (χ1) is 10.2. The van der Waals surface area contributed by atoms with Gasteiger partial charge in [0.2, 0.25) is 5.95 Å². The third-order valence-corrected chi connectivity index (χ3v) is 4.22. The molecule has 0 aliphatic heterocycles. The van der Waals surface area contributed by atoms with Gasteiger partial charge in [0.25, 0.3) is 0 Å². The standard InChI is InChI=1S/C17H24N4/c1-20(2)17-19-12-15(21(17)3)11-18-16(14-9-10-14)13-7-5-4-6-8-13/h4-8,12,14,16,18H,9-11H2,1-3H3. The first-order valence-electron chi connectivity index (χ1n) is 7.63. The van der Waals surface area contributed by atoms with E-state index in [1.54, 1.807) is 0 Å². The van der Waals surface area contributed by atoms with Gasteiger partial charge in [0.05, 0.1) is 11.9 Å². The van der Waals surface area contributed by atoms with Gasteiger partial charge in [-0.05, 0) is 24.3 Å². The first kappa shape index (κ1) is 14.1. The molecule has 1 N–H and O–H groups in total. The van der Waals surface area contributed by atoms with Crippen molar-refractivity contribution in [1.29, 1.82) is 0 Å². The summed E-state index contributed by atoms with van der Waals surface area (Å²) in [7, 11) is 6.13. The van der Waals surface area contributed by atoms with Crippen molar-refractivity contribution in [3.8, 4) is 0 Å². The lowest BCUT2D eigenvalue weighted by molar-refractivity contribution is 0.472. The Bertz CT molecular complexity index is 584. The van der Waals surface area contributed by atoms with E-state index in [-0.39, 0.29) is 0 Å². The van der Waals surface area contributed by atoms with Crippen LogP contribution in [0.3, 0.4) is 0 Å². The van der Waals surface area contributed by atoms with Gasteiger partial charge in [0, 0.05) is 33.7 Å². The van der Waals surface area contributed by atoms with Gasteiger partial charge in [-0.3, -0.25) is 0 Å². The van der Waals surface area contributed by atoms with Gasteiger partial charge < -0.3 is 14.8 Å². The summed E-state index contributed by atoms with van der Waals surface area (Å²) < 4.78 is 2.15. The summed E-state index contributed by atoms with van der Waals surface area (Å²) in [4.78, 5) is 6.52. The van der Waals surface area contributed by atoms with Gasteiger partial charge in [0.1, 0.15) is 0 Å². The Morgan fingerprint density at radius 3 is 2.57 bits per heavy atom. The summed E-state index contributed by atoms with van der Waals surface area (Å²) in [6.07, 6.45) is 4.64. The lowest BCUT2D eigenvalue weighted by Gasteiger charge is -2.19. The molecule has 0 spiro atoms. The fourth-order valence-corrected chi connectivity index (χ4v) is 2.87. The van der Waals surface area contributed by atoms with Crippen molar-refractivity contribution in [2.75, 3.05) is 19.0 Å². The van der Waals surface area contributed by atoms with E-state index in [1.165, 1.54) is 24.1 Å². The molecule has 1 fully saturated rings. The molecular weight excluding hydrogens is 260 g/mol. The summed E-state index contributed by atoms with van der Waals surface area (Å²) in [5.41, 5.74) is 2.62. The van der Waals surface area contributed by atoms with Crippen LogP contribution in [0, 0.1) is 5.92 Å². The van der Waals surface area contributed by atoms with Crippen molar-refractivity contribution < 1.29 is 0 Å². The second-order valence-corrected chi connectivity index (χ2v) is 6.11. The van der Waals surface area contributed by atoms with E-state index in [0.717, 1.165) is 18.4 Å². The number of nitrogens with one attached hydrogen (secondary N) is 1. The molecule has 1 aliphatic carbocycles. The van der Waals surface area contributed by atoms with Crippen LogP contribution in [0.2, 0.25) is 0 Å². The molecule has 2 aromatic rings. The second kappa shape index (κ2) is 5.90. The smallest absolute Gasteiger partial charge is 0.204 e. The van der Waals surface area contributed by atoms with E-state index in [1.807, 2.05) is 25.2 Å². The Morgan fingerprint density at radius 2 is 2.00 bits per heavy atom. The number of aromatic nitrogens is 2. The van der Waals surface area contributed by atoms with E-state index >= 15 is 0 Å². The molecule has 1 unspecified atom stereocenters. The third-order valence-electron chi connectivity index (χ3n) is 4.22. The number of anilines is 1. The fourth-order valence-electron chi connectivity index (χ4n) is 2.87. The average molecular weight is 284 g/mol. The maximum absolute atomic E-state index is 4.48. The summed E-state index contributed by atoms with van der Waals surface area (Å²) in [5.74, 6) is 1.78. The lowest BCUT2D eigenvalue weighted by Crippen LogP contribution is -2.24. The zero-order chi connectivity index (χ0) is 14.8. The minimum absolute atomic E-state index is 0.462. The lowest BCUT2D eigenvalue weighted by atomic mass is 10.0. The summed E-state index contributed by atoms with van der Waals surface area (Å²) >= 11 is 0. The molecule has 4 heteroatoms. The molecule has 21 heavy (non-hydrogen) atoms. The van der Waals surface area contributed by atoms with Crippen LogP contribution < -0.4 is 10.2 Å². The predicted molar refractivity (Wildman–Crippen MR) is 86.3 cm³/mol. The van der Waals surface area contributed by atoms with Crippen LogP contribution >= 0.6 is 0 Å². The van der Waals surface area contributed by atoms with Gasteiger partial charge in [-0.1, -0.05) is 30.3 Å². The Hall–Kier alpha value is -1.81. The molecule has 1 atom stereocenters. The van der Waals surface area contributed by atoms with Crippen LogP contribution in [-0.4, -0.2) is 23.6 Å². The first-order valence-corrected chi connectivity index (χ1v) is 7.63. The molecule has 112 valence electrons. The highest BCUT2D eigenvalue weighted by atomic mass is 15.3. The Balaban J connectivity index is 1.70. The van der Waals surface area contributed by atoms with Gasteiger partial charge in [-0.15, -0.1) is 0 Å². The zero-order valence-electron chi connectivity index (χ0n) is 13.1. The Morgan fingerprint density at radius 1 is 1.29 bits per heavy atom. The Labute approximate surface area is 126 Å². The molecular formula is C17H24N4. The Kier molecular flexibility index (Phi) is 3.97.